The second kappa shape index (κ2) is 8.20. The molecule has 3 nitrogen and oxygen atoms in total. The van der Waals surface area contributed by atoms with Gasteiger partial charge in [-0.15, -0.1) is 0 Å². The van der Waals surface area contributed by atoms with Gasteiger partial charge < -0.3 is 10.6 Å². The maximum atomic E-state index is 12.6. The molecule has 0 unspecified atom stereocenters. The van der Waals surface area contributed by atoms with E-state index in [9.17, 15) is 4.79 Å². The molecule has 1 aromatic rings. The molecule has 1 aromatic carbocycles. The standard InChI is InChI=1S/C15H23BrN2O/c1-3-5-9-18(10-6-4-2)15(19)13-11-12(16)7-8-14(13)17/h7-8,11H,3-6,9-10,17H2,1-2H3. The van der Waals surface area contributed by atoms with E-state index >= 15 is 0 Å². The average Bonchev–Trinajstić information content (AvgIpc) is 2.41. The maximum absolute atomic E-state index is 12.6. The molecule has 0 saturated heterocycles. The Labute approximate surface area is 124 Å². The van der Waals surface area contributed by atoms with Crippen LogP contribution in [0.2, 0.25) is 0 Å². The predicted octanol–water partition coefficient (Wildman–Crippen LogP) is 4.07. The highest BCUT2D eigenvalue weighted by molar-refractivity contribution is 9.10. The fourth-order valence-electron chi connectivity index (χ4n) is 1.90. The molecule has 106 valence electrons. The van der Waals surface area contributed by atoms with E-state index in [0.717, 1.165) is 43.2 Å². The number of benzene rings is 1. The van der Waals surface area contributed by atoms with Crippen LogP contribution in [0.25, 0.3) is 0 Å². The minimum atomic E-state index is 0.0423. The number of hydrogen-bond donors (Lipinski definition) is 1. The molecule has 4 heteroatoms. The summed E-state index contributed by atoms with van der Waals surface area (Å²) in [5, 5.41) is 0. The summed E-state index contributed by atoms with van der Waals surface area (Å²) in [4.78, 5) is 14.5. The molecular weight excluding hydrogens is 304 g/mol. The molecular formula is C15H23BrN2O. The largest absolute Gasteiger partial charge is 0.398 e. The Bertz CT molecular complexity index is 413. The van der Waals surface area contributed by atoms with Crippen LogP contribution in [0, 0.1) is 0 Å². The van der Waals surface area contributed by atoms with Crippen molar-refractivity contribution in [2.45, 2.75) is 39.5 Å². The van der Waals surface area contributed by atoms with Crippen molar-refractivity contribution in [2.24, 2.45) is 0 Å². The lowest BCUT2D eigenvalue weighted by Gasteiger charge is -2.23. The first-order chi connectivity index (χ1) is 9.10. The van der Waals surface area contributed by atoms with Crippen LogP contribution in [0.5, 0.6) is 0 Å². The fraction of sp³-hybridized carbons (Fsp3) is 0.533. The van der Waals surface area contributed by atoms with Crippen molar-refractivity contribution in [1.29, 1.82) is 0 Å². The Kier molecular flexibility index (Phi) is 6.92. The summed E-state index contributed by atoms with van der Waals surface area (Å²) in [7, 11) is 0. The van der Waals surface area contributed by atoms with Gasteiger partial charge in [0.25, 0.3) is 5.91 Å². The van der Waals surface area contributed by atoms with E-state index in [-0.39, 0.29) is 5.91 Å². The summed E-state index contributed by atoms with van der Waals surface area (Å²) in [6.45, 7) is 5.88. The van der Waals surface area contributed by atoms with E-state index in [1.165, 1.54) is 0 Å². The van der Waals surface area contributed by atoms with Gasteiger partial charge in [-0.25, -0.2) is 0 Å². The second-order valence-electron chi connectivity index (χ2n) is 4.73. The quantitative estimate of drug-likeness (QED) is 0.767. The van der Waals surface area contributed by atoms with Crippen molar-refractivity contribution in [3.63, 3.8) is 0 Å². The SMILES string of the molecule is CCCCN(CCCC)C(=O)c1cc(Br)ccc1N. The number of nitrogens with two attached hydrogens (primary N) is 1. The highest BCUT2D eigenvalue weighted by atomic mass is 79.9. The summed E-state index contributed by atoms with van der Waals surface area (Å²) < 4.78 is 0.885. The molecule has 0 atom stereocenters. The van der Waals surface area contributed by atoms with E-state index in [1.54, 1.807) is 6.07 Å². The number of amides is 1. The number of hydrogen-bond acceptors (Lipinski definition) is 2. The molecule has 19 heavy (non-hydrogen) atoms. The maximum Gasteiger partial charge on any atom is 0.255 e. The normalized spacial score (nSPS) is 10.5. The number of anilines is 1. The first-order valence-electron chi connectivity index (χ1n) is 6.94. The molecule has 0 fully saturated rings. The van der Waals surface area contributed by atoms with Crippen molar-refractivity contribution >= 4 is 27.5 Å². The van der Waals surface area contributed by atoms with Crippen molar-refractivity contribution in [3.8, 4) is 0 Å². The van der Waals surface area contributed by atoms with Gasteiger partial charge >= 0.3 is 0 Å². The summed E-state index contributed by atoms with van der Waals surface area (Å²) in [6.07, 6.45) is 4.24. The third-order valence-corrected chi connectivity index (χ3v) is 3.59. The van der Waals surface area contributed by atoms with Gasteiger partial charge in [0.05, 0.1) is 5.56 Å². The predicted molar refractivity (Wildman–Crippen MR) is 84.3 cm³/mol. The molecule has 2 N–H and O–H groups in total. The molecule has 0 heterocycles. The van der Waals surface area contributed by atoms with Crippen LogP contribution in [-0.2, 0) is 0 Å². The molecule has 0 aliphatic carbocycles. The third kappa shape index (κ3) is 4.86. The number of nitrogens with zero attached hydrogens (tertiary/aromatic N) is 1. The molecule has 0 spiro atoms. The number of nitrogen functional groups attached to an aromatic ring is 1. The average molecular weight is 327 g/mol. The Hall–Kier alpha value is -1.03. The molecule has 0 aliphatic rings. The first-order valence-corrected chi connectivity index (χ1v) is 7.73. The molecule has 0 bridgehead atoms. The van der Waals surface area contributed by atoms with Crippen LogP contribution in [0.3, 0.4) is 0 Å². The van der Waals surface area contributed by atoms with Crippen molar-refractivity contribution < 1.29 is 4.79 Å². The van der Waals surface area contributed by atoms with E-state index in [0.29, 0.717) is 11.3 Å². The molecule has 1 rings (SSSR count). The molecule has 0 radical (unpaired) electrons. The van der Waals surface area contributed by atoms with Crippen molar-refractivity contribution in [2.75, 3.05) is 18.8 Å². The molecule has 0 aliphatic heterocycles. The lowest BCUT2D eigenvalue weighted by Crippen LogP contribution is -2.33. The Balaban J connectivity index is 2.87. The lowest BCUT2D eigenvalue weighted by molar-refractivity contribution is 0.0752. The topological polar surface area (TPSA) is 46.3 Å². The smallest absolute Gasteiger partial charge is 0.255 e. The molecule has 0 aromatic heterocycles. The van der Waals surface area contributed by atoms with Crippen LogP contribution >= 0.6 is 15.9 Å². The number of carbonyl (C=O) groups is 1. The number of unbranched alkanes of at least 4 members (excludes halogenated alkanes) is 2. The second-order valence-corrected chi connectivity index (χ2v) is 5.65. The van der Waals surface area contributed by atoms with Gasteiger partial charge in [0.2, 0.25) is 0 Å². The van der Waals surface area contributed by atoms with Gasteiger partial charge in [-0.2, -0.15) is 0 Å². The van der Waals surface area contributed by atoms with E-state index < -0.39 is 0 Å². The van der Waals surface area contributed by atoms with E-state index in [2.05, 4.69) is 29.8 Å². The Morgan fingerprint density at radius 1 is 1.21 bits per heavy atom. The van der Waals surface area contributed by atoms with Crippen LogP contribution in [-0.4, -0.2) is 23.9 Å². The summed E-state index contributed by atoms with van der Waals surface area (Å²) in [5.74, 6) is 0.0423. The van der Waals surface area contributed by atoms with Crippen LogP contribution in [0.1, 0.15) is 49.9 Å². The summed E-state index contributed by atoms with van der Waals surface area (Å²) in [5.41, 5.74) is 7.06. The highest BCUT2D eigenvalue weighted by Crippen LogP contribution is 2.20. The Morgan fingerprint density at radius 2 is 1.79 bits per heavy atom. The number of rotatable bonds is 7. The lowest BCUT2D eigenvalue weighted by atomic mass is 10.1. The summed E-state index contributed by atoms with van der Waals surface area (Å²) in [6, 6.07) is 5.44. The zero-order valence-electron chi connectivity index (χ0n) is 11.8. The van der Waals surface area contributed by atoms with Gasteiger partial charge in [0.1, 0.15) is 0 Å². The van der Waals surface area contributed by atoms with E-state index in [1.807, 2.05) is 17.0 Å². The van der Waals surface area contributed by atoms with Crippen LogP contribution in [0.15, 0.2) is 22.7 Å². The van der Waals surface area contributed by atoms with Crippen molar-refractivity contribution in [3.05, 3.63) is 28.2 Å². The minimum Gasteiger partial charge on any atom is -0.398 e. The van der Waals surface area contributed by atoms with Crippen molar-refractivity contribution in [1.82, 2.24) is 4.90 Å². The van der Waals surface area contributed by atoms with Crippen LogP contribution in [0.4, 0.5) is 5.69 Å². The fourth-order valence-corrected chi connectivity index (χ4v) is 2.26. The minimum absolute atomic E-state index is 0.0423. The van der Waals surface area contributed by atoms with Gasteiger partial charge in [-0.3, -0.25) is 4.79 Å². The summed E-state index contributed by atoms with van der Waals surface area (Å²) >= 11 is 3.39. The number of carbonyl (C=O) groups excluding carboxylic acids is 1. The monoisotopic (exact) mass is 326 g/mol. The molecule has 0 saturated carbocycles. The van der Waals surface area contributed by atoms with Gasteiger partial charge in [0, 0.05) is 23.2 Å². The third-order valence-electron chi connectivity index (χ3n) is 3.10. The first kappa shape index (κ1) is 16.0. The number of halogens is 1. The van der Waals surface area contributed by atoms with Crippen LogP contribution < -0.4 is 5.73 Å². The zero-order valence-corrected chi connectivity index (χ0v) is 13.4. The van der Waals surface area contributed by atoms with E-state index in [4.69, 9.17) is 5.73 Å². The van der Waals surface area contributed by atoms with Gasteiger partial charge in [0.15, 0.2) is 0 Å². The Morgan fingerprint density at radius 3 is 2.32 bits per heavy atom. The molecule has 1 amide bonds. The highest BCUT2D eigenvalue weighted by Gasteiger charge is 2.17. The van der Waals surface area contributed by atoms with Gasteiger partial charge in [-0.05, 0) is 31.0 Å². The van der Waals surface area contributed by atoms with Gasteiger partial charge in [-0.1, -0.05) is 42.6 Å². The zero-order chi connectivity index (χ0) is 14.3.